The molecule has 0 aliphatic heterocycles. The molecule has 0 saturated heterocycles. The van der Waals surface area contributed by atoms with Crippen LogP contribution < -0.4 is 4.90 Å². The summed E-state index contributed by atoms with van der Waals surface area (Å²) in [5.74, 6) is -0.837. The van der Waals surface area contributed by atoms with Crippen LogP contribution in [0.4, 0.5) is 5.69 Å². The smallest absolute Gasteiger partial charge is 0.331 e. The molecule has 0 bridgehead atoms. The van der Waals surface area contributed by atoms with E-state index in [9.17, 15) is 9.59 Å². The van der Waals surface area contributed by atoms with Crippen molar-refractivity contribution < 1.29 is 14.3 Å². The van der Waals surface area contributed by atoms with Gasteiger partial charge in [0.1, 0.15) is 0 Å². The van der Waals surface area contributed by atoms with Crippen LogP contribution in [-0.2, 0) is 14.3 Å². The highest BCUT2D eigenvalue weighted by molar-refractivity contribution is 5.98. The molecule has 3 rings (SSSR count). The Morgan fingerprint density at radius 1 is 1.06 bits per heavy atom. The normalized spacial score (nSPS) is 12.0. The molecule has 160 valence electrons. The van der Waals surface area contributed by atoms with E-state index in [-0.39, 0.29) is 5.91 Å². The summed E-state index contributed by atoms with van der Waals surface area (Å²) in [6, 6.07) is 19.1. The van der Waals surface area contributed by atoms with Crippen molar-refractivity contribution in [1.82, 2.24) is 9.78 Å². The monoisotopic (exact) mass is 417 g/mol. The number of amides is 1. The zero-order valence-electron chi connectivity index (χ0n) is 18.3. The minimum atomic E-state index is -0.897. The maximum Gasteiger partial charge on any atom is 0.331 e. The van der Waals surface area contributed by atoms with Gasteiger partial charge in [0.25, 0.3) is 5.91 Å². The average molecular weight is 418 g/mol. The highest BCUT2D eigenvalue weighted by atomic mass is 16.5. The van der Waals surface area contributed by atoms with Crippen molar-refractivity contribution in [1.29, 1.82) is 0 Å². The van der Waals surface area contributed by atoms with Crippen LogP contribution in [0.2, 0.25) is 0 Å². The lowest BCUT2D eigenvalue weighted by Crippen LogP contribution is -2.39. The van der Waals surface area contributed by atoms with Crippen LogP contribution in [0.25, 0.3) is 11.8 Å². The van der Waals surface area contributed by atoms with Crippen molar-refractivity contribution in [2.45, 2.75) is 33.8 Å². The van der Waals surface area contributed by atoms with Crippen molar-refractivity contribution >= 4 is 23.6 Å². The minimum absolute atomic E-state index is 0.264. The Bertz CT molecular complexity index is 1070. The molecule has 1 atom stereocenters. The number of hydrogen-bond donors (Lipinski definition) is 0. The number of aromatic nitrogens is 2. The molecule has 0 aliphatic rings. The van der Waals surface area contributed by atoms with Gasteiger partial charge in [-0.3, -0.25) is 4.79 Å². The van der Waals surface area contributed by atoms with Gasteiger partial charge in [-0.15, -0.1) is 0 Å². The number of anilines is 1. The van der Waals surface area contributed by atoms with Crippen LogP contribution in [0, 0.1) is 13.8 Å². The summed E-state index contributed by atoms with van der Waals surface area (Å²) in [4.78, 5) is 26.7. The third-order valence-electron chi connectivity index (χ3n) is 5.02. The molecule has 6 nitrogen and oxygen atoms in total. The molecule has 1 amide bonds. The van der Waals surface area contributed by atoms with E-state index in [1.54, 1.807) is 17.9 Å². The molecule has 0 radical (unpaired) electrons. The zero-order chi connectivity index (χ0) is 22.4. The third-order valence-corrected chi connectivity index (χ3v) is 5.02. The fraction of sp³-hybridized carbons (Fsp3) is 0.240. The summed E-state index contributed by atoms with van der Waals surface area (Å²) in [5, 5.41) is 4.57. The maximum absolute atomic E-state index is 12.8. The number of hydrogen-bond acceptors (Lipinski definition) is 4. The zero-order valence-corrected chi connectivity index (χ0v) is 18.3. The van der Waals surface area contributed by atoms with E-state index in [0.29, 0.717) is 6.54 Å². The first-order valence-corrected chi connectivity index (χ1v) is 10.3. The van der Waals surface area contributed by atoms with E-state index in [1.807, 2.05) is 86.1 Å². The number of aryl methyl sites for hydroxylation is 1. The Balaban J connectivity index is 1.69. The first-order valence-electron chi connectivity index (χ1n) is 10.3. The number of carbonyl (C=O) groups excluding carboxylic acids is 2. The second-order valence-electron chi connectivity index (χ2n) is 7.16. The molecule has 0 fully saturated rings. The van der Waals surface area contributed by atoms with Crippen molar-refractivity contribution in [3.63, 3.8) is 0 Å². The van der Waals surface area contributed by atoms with Gasteiger partial charge in [0.05, 0.1) is 11.4 Å². The van der Waals surface area contributed by atoms with Gasteiger partial charge in [-0.1, -0.05) is 36.4 Å². The Labute approximate surface area is 182 Å². The predicted octanol–water partition coefficient (Wildman–Crippen LogP) is 4.49. The molecule has 0 unspecified atom stereocenters. The summed E-state index contributed by atoms with van der Waals surface area (Å²) in [6.07, 6.45) is 2.13. The van der Waals surface area contributed by atoms with Gasteiger partial charge in [0.15, 0.2) is 6.10 Å². The van der Waals surface area contributed by atoms with Crippen molar-refractivity contribution in [2.24, 2.45) is 0 Å². The number of likely N-dealkylation sites (N-methyl/N-ethyl adjacent to an activating group) is 1. The van der Waals surface area contributed by atoms with Crippen molar-refractivity contribution in [3.8, 4) is 5.69 Å². The molecule has 1 heterocycles. The van der Waals surface area contributed by atoms with Crippen molar-refractivity contribution in [3.05, 3.63) is 83.7 Å². The molecule has 2 aromatic carbocycles. The van der Waals surface area contributed by atoms with Gasteiger partial charge in [-0.25, -0.2) is 9.48 Å². The first-order chi connectivity index (χ1) is 14.9. The Morgan fingerprint density at radius 2 is 1.68 bits per heavy atom. The number of para-hydroxylation sites is 2. The second kappa shape index (κ2) is 9.89. The molecular formula is C25H27N3O3. The van der Waals surface area contributed by atoms with Gasteiger partial charge in [-0.2, -0.15) is 5.10 Å². The van der Waals surface area contributed by atoms with Gasteiger partial charge in [-0.05, 0) is 58.0 Å². The van der Waals surface area contributed by atoms with E-state index in [4.69, 9.17) is 4.74 Å². The van der Waals surface area contributed by atoms with Gasteiger partial charge in [0.2, 0.25) is 0 Å². The highest BCUT2D eigenvalue weighted by Crippen LogP contribution is 2.19. The van der Waals surface area contributed by atoms with Crippen LogP contribution in [0.3, 0.4) is 0 Å². The summed E-state index contributed by atoms with van der Waals surface area (Å²) < 4.78 is 7.20. The lowest BCUT2D eigenvalue weighted by Gasteiger charge is -2.24. The van der Waals surface area contributed by atoms with Gasteiger partial charge < -0.3 is 9.64 Å². The molecule has 1 aromatic heterocycles. The van der Waals surface area contributed by atoms with E-state index in [2.05, 4.69) is 5.10 Å². The number of esters is 1. The summed E-state index contributed by atoms with van der Waals surface area (Å²) in [7, 11) is 0. The lowest BCUT2D eigenvalue weighted by molar-refractivity contribution is -0.149. The SMILES string of the molecule is CCN(C(=O)[C@H](C)OC(=O)/C=C/c1c(C)nn(-c2ccccc2)c1C)c1ccccc1. The Kier molecular flexibility index (Phi) is 7.03. The lowest BCUT2D eigenvalue weighted by atomic mass is 10.2. The Morgan fingerprint density at radius 3 is 2.29 bits per heavy atom. The van der Waals surface area contributed by atoms with Crippen LogP contribution in [0.1, 0.15) is 30.8 Å². The fourth-order valence-corrected chi connectivity index (χ4v) is 3.42. The van der Waals surface area contributed by atoms with Crippen LogP contribution in [-0.4, -0.2) is 34.3 Å². The third kappa shape index (κ3) is 5.09. The highest BCUT2D eigenvalue weighted by Gasteiger charge is 2.23. The standard InChI is InChI=1S/C25H27N3O3/c1-5-27(21-12-8-6-9-13-21)25(30)20(4)31-24(29)17-16-23-18(2)26-28(19(23)3)22-14-10-7-11-15-22/h6-17,20H,5H2,1-4H3/b17-16+/t20-/m0/s1. The number of ether oxygens (including phenoxy) is 1. The molecule has 0 aliphatic carbocycles. The molecule has 0 saturated carbocycles. The maximum atomic E-state index is 12.8. The molecule has 31 heavy (non-hydrogen) atoms. The van der Waals surface area contributed by atoms with E-state index in [1.165, 1.54) is 6.08 Å². The summed E-state index contributed by atoms with van der Waals surface area (Å²) in [6.45, 7) is 7.79. The van der Waals surface area contributed by atoms with Gasteiger partial charge in [0, 0.05) is 29.6 Å². The summed E-state index contributed by atoms with van der Waals surface area (Å²) >= 11 is 0. The first kappa shape index (κ1) is 22.0. The number of rotatable bonds is 7. The number of benzene rings is 2. The minimum Gasteiger partial charge on any atom is -0.449 e. The van der Waals surface area contributed by atoms with E-state index >= 15 is 0 Å². The summed E-state index contributed by atoms with van der Waals surface area (Å²) in [5.41, 5.74) is 4.28. The quantitative estimate of drug-likeness (QED) is 0.420. The molecular weight excluding hydrogens is 390 g/mol. The topological polar surface area (TPSA) is 64.4 Å². The van der Waals surface area contributed by atoms with Crippen molar-refractivity contribution in [2.75, 3.05) is 11.4 Å². The fourth-order valence-electron chi connectivity index (χ4n) is 3.42. The molecule has 0 N–H and O–H groups in total. The molecule has 0 spiro atoms. The number of nitrogens with zero attached hydrogens (tertiary/aromatic N) is 3. The van der Waals surface area contributed by atoms with E-state index in [0.717, 1.165) is 28.3 Å². The Hall–Kier alpha value is -3.67. The average Bonchev–Trinajstić information content (AvgIpc) is 3.07. The predicted molar refractivity (Wildman–Crippen MR) is 122 cm³/mol. The second-order valence-corrected chi connectivity index (χ2v) is 7.16. The van der Waals surface area contributed by atoms with Crippen LogP contribution in [0.15, 0.2) is 66.7 Å². The molecule has 3 aromatic rings. The molecule has 6 heteroatoms. The van der Waals surface area contributed by atoms with Gasteiger partial charge >= 0.3 is 5.97 Å². The van der Waals surface area contributed by atoms with Crippen LogP contribution >= 0.6 is 0 Å². The van der Waals surface area contributed by atoms with E-state index < -0.39 is 12.1 Å². The van der Waals surface area contributed by atoms with Crippen LogP contribution in [0.5, 0.6) is 0 Å². The number of carbonyl (C=O) groups is 2. The largest absolute Gasteiger partial charge is 0.449 e.